The van der Waals surface area contributed by atoms with Gasteiger partial charge in [0, 0.05) is 12.5 Å². The molecule has 0 saturated carbocycles. The number of ether oxygens (including phenoxy) is 2. The van der Waals surface area contributed by atoms with Crippen LogP contribution in [0.25, 0.3) is 16.6 Å². The molecule has 7 heteroatoms. The minimum atomic E-state index is -0.412. The molecular weight excluding hydrogens is 445 g/mol. The highest BCUT2D eigenvalue weighted by Crippen LogP contribution is 2.31. The maximum absolute atomic E-state index is 13.3. The minimum absolute atomic E-state index is 0. The van der Waals surface area contributed by atoms with E-state index in [1.54, 1.807) is 23.0 Å². The van der Waals surface area contributed by atoms with Crippen LogP contribution in [0.4, 0.5) is 4.39 Å². The fraction of sp³-hybridized carbons (Fsp3) is 0.286. The standard InChI is InChI=1S/C27H28FN3O3.CH4/c1-17-5-6-18(2)24(13-17)27(19(3)30-26(32)16-33-4)34-23-11-12-25-20(14-23)15-29-31(25)22-9-7-21(28)8-10-22;/h5-15,19,27H,16H2,1-4H3,(H,30,32);1H4/t19-,27-;/m0./s1. The number of halogens is 1. The molecule has 184 valence electrons. The fourth-order valence-electron chi connectivity index (χ4n) is 4.02. The van der Waals surface area contributed by atoms with E-state index < -0.39 is 6.10 Å². The van der Waals surface area contributed by atoms with Crippen molar-refractivity contribution in [2.24, 2.45) is 0 Å². The zero-order valence-electron chi connectivity index (χ0n) is 19.7. The summed E-state index contributed by atoms with van der Waals surface area (Å²) >= 11 is 0. The average Bonchev–Trinajstić information content (AvgIpc) is 3.23. The molecule has 6 nitrogen and oxygen atoms in total. The number of hydrogen-bond acceptors (Lipinski definition) is 4. The van der Waals surface area contributed by atoms with Gasteiger partial charge in [0.1, 0.15) is 24.3 Å². The third-order valence-electron chi connectivity index (χ3n) is 5.73. The SMILES string of the molecule is C.COCC(=O)N[C@@H](C)[C@H](Oc1ccc2c(cnn2-c2ccc(F)cc2)c1)c1cc(C)ccc1C. The first-order valence-electron chi connectivity index (χ1n) is 11.1. The van der Waals surface area contributed by atoms with Crippen LogP contribution < -0.4 is 10.1 Å². The number of nitrogens with zero attached hydrogens (tertiary/aromatic N) is 2. The van der Waals surface area contributed by atoms with Crippen LogP contribution in [0.2, 0.25) is 0 Å². The maximum Gasteiger partial charge on any atom is 0.246 e. The second-order valence-corrected chi connectivity index (χ2v) is 8.44. The Morgan fingerprint density at radius 2 is 1.83 bits per heavy atom. The number of fused-ring (bicyclic) bond motifs is 1. The lowest BCUT2D eigenvalue weighted by Gasteiger charge is -2.28. The topological polar surface area (TPSA) is 65.4 Å². The molecule has 0 unspecified atom stereocenters. The fourth-order valence-corrected chi connectivity index (χ4v) is 4.02. The molecule has 0 fully saturated rings. The molecule has 1 heterocycles. The number of carbonyl (C=O) groups is 1. The van der Waals surface area contributed by atoms with Gasteiger partial charge in [0.15, 0.2) is 0 Å². The number of rotatable bonds is 8. The highest BCUT2D eigenvalue weighted by molar-refractivity contribution is 5.82. The molecule has 3 aromatic carbocycles. The van der Waals surface area contributed by atoms with Crippen molar-refractivity contribution in [3.8, 4) is 11.4 Å². The van der Waals surface area contributed by atoms with Crippen molar-refractivity contribution in [3.05, 3.63) is 89.4 Å². The first kappa shape index (κ1) is 25.9. The van der Waals surface area contributed by atoms with E-state index in [9.17, 15) is 9.18 Å². The number of aromatic nitrogens is 2. The molecule has 4 aromatic rings. The monoisotopic (exact) mass is 477 g/mol. The number of benzene rings is 3. The van der Waals surface area contributed by atoms with Gasteiger partial charge in [-0.25, -0.2) is 9.07 Å². The van der Waals surface area contributed by atoms with Gasteiger partial charge in [0.05, 0.1) is 23.4 Å². The second-order valence-electron chi connectivity index (χ2n) is 8.44. The number of nitrogens with one attached hydrogen (secondary N) is 1. The van der Waals surface area contributed by atoms with Crippen molar-refractivity contribution in [1.29, 1.82) is 0 Å². The molecule has 35 heavy (non-hydrogen) atoms. The number of hydrogen-bond donors (Lipinski definition) is 1. The predicted octanol–water partition coefficient (Wildman–Crippen LogP) is 5.69. The summed E-state index contributed by atoms with van der Waals surface area (Å²) in [4.78, 5) is 12.2. The van der Waals surface area contributed by atoms with E-state index in [0.717, 1.165) is 33.3 Å². The molecular formula is C28H32FN3O3. The van der Waals surface area contributed by atoms with Gasteiger partial charge in [-0.1, -0.05) is 31.2 Å². The van der Waals surface area contributed by atoms with Gasteiger partial charge >= 0.3 is 0 Å². The number of amides is 1. The van der Waals surface area contributed by atoms with Crippen LogP contribution in [0.15, 0.2) is 66.9 Å². The summed E-state index contributed by atoms with van der Waals surface area (Å²) in [6.45, 7) is 5.97. The van der Waals surface area contributed by atoms with Crippen LogP contribution in [0.5, 0.6) is 5.75 Å². The molecule has 1 N–H and O–H groups in total. The van der Waals surface area contributed by atoms with Crippen LogP contribution in [0.3, 0.4) is 0 Å². The van der Waals surface area contributed by atoms with E-state index in [4.69, 9.17) is 9.47 Å². The van der Waals surface area contributed by atoms with Gasteiger partial charge in [0.25, 0.3) is 0 Å². The lowest BCUT2D eigenvalue weighted by molar-refractivity contribution is -0.126. The third-order valence-corrected chi connectivity index (χ3v) is 5.73. The Hall–Kier alpha value is -3.71. The molecule has 0 radical (unpaired) electrons. The Balaban J connectivity index is 0.00000342. The molecule has 2 atom stereocenters. The Bertz CT molecular complexity index is 1300. The highest BCUT2D eigenvalue weighted by atomic mass is 19.1. The second kappa shape index (κ2) is 11.1. The van der Waals surface area contributed by atoms with Crippen LogP contribution in [0.1, 0.15) is 37.1 Å². The average molecular weight is 478 g/mol. The van der Waals surface area contributed by atoms with Crippen molar-refractivity contribution in [3.63, 3.8) is 0 Å². The van der Waals surface area contributed by atoms with Crippen LogP contribution in [-0.4, -0.2) is 35.4 Å². The van der Waals surface area contributed by atoms with Crippen LogP contribution in [0, 0.1) is 19.7 Å². The van der Waals surface area contributed by atoms with E-state index in [2.05, 4.69) is 28.6 Å². The number of aryl methyl sites for hydroxylation is 2. The van der Waals surface area contributed by atoms with Crippen LogP contribution >= 0.6 is 0 Å². The summed E-state index contributed by atoms with van der Waals surface area (Å²) in [6, 6.07) is 17.8. The van der Waals surface area contributed by atoms with E-state index in [1.165, 1.54) is 19.2 Å². The van der Waals surface area contributed by atoms with Gasteiger partial charge in [-0.2, -0.15) is 5.10 Å². The van der Waals surface area contributed by atoms with Crippen molar-refractivity contribution in [2.45, 2.75) is 40.3 Å². The number of methoxy groups -OCH3 is 1. The van der Waals surface area contributed by atoms with E-state index >= 15 is 0 Å². The van der Waals surface area contributed by atoms with Gasteiger partial charge in [-0.3, -0.25) is 4.79 Å². The Morgan fingerprint density at radius 3 is 2.54 bits per heavy atom. The third kappa shape index (κ3) is 5.87. The Labute approximate surface area is 205 Å². The molecule has 0 saturated heterocycles. The van der Waals surface area contributed by atoms with Crippen molar-refractivity contribution >= 4 is 16.8 Å². The first-order chi connectivity index (χ1) is 16.4. The molecule has 0 spiro atoms. The number of carbonyl (C=O) groups excluding carboxylic acids is 1. The van der Waals surface area contributed by atoms with Crippen molar-refractivity contribution in [1.82, 2.24) is 15.1 Å². The first-order valence-corrected chi connectivity index (χ1v) is 11.1. The van der Waals surface area contributed by atoms with Gasteiger partial charge < -0.3 is 14.8 Å². The lowest BCUT2D eigenvalue weighted by Crippen LogP contribution is -2.41. The Kier molecular flexibility index (Phi) is 8.25. The molecule has 0 aliphatic heterocycles. The largest absolute Gasteiger partial charge is 0.484 e. The zero-order valence-corrected chi connectivity index (χ0v) is 19.7. The molecule has 1 aromatic heterocycles. The van der Waals surface area contributed by atoms with E-state index in [1.807, 2.05) is 39.0 Å². The van der Waals surface area contributed by atoms with Crippen LogP contribution in [-0.2, 0) is 9.53 Å². The molecule has 4 rings (SSSR count). The molecule has 0 aliphatic rings. The summed E-state index contributed by atoms with van der Waals surface area (Å²) in [5.41, 5.74) is 4.85. The zero-order chi connectivity index (χ0) is 24.2. The normalized spacial score (nSPS) is 12.6. The summed E-state index contributed by atoms with van der Waals surface area (Å²) in [7, 11) is 1.49. The Morgan fingerprint density at radius 1 is 1.09 bits per heavy atom. The predicted molar refractivity (Wildman–Crippen MR) is 137 cm³/mol. The summed E-state index contributed by atoms with van der Waals surface area (Å²) in [5, 5.41) is 8.33. The quantitative estimate of drug-likeness (QED) is 0.354. The van der Waals surface area contributed by atoms with Crippen molar-refractivity contribution < 1.29 is 18.7 Å². The molecule has 0 bridgehead atoms. The maximum atomic E-state index is 13.3. The summed E-state index contributed by atoms with van der Waals surface area (Å²) in [5.74, 6) is 0.162. The summed E-state index contributed by atoms with van der Waals surface area (Å²) < 4.78 is 26.5. The van der Waals surface area contributed by atoms with Gasteiger partial charge in [-0.15, -0.1) is 0 Å². The smallest absolute Gasteiger partial charge is 0.246 e. The molecule has 1 amide bonds. The molecule has 0 aliphatic carbocycles. The van der Waals surface area contributed by atoms with Gasteiger partial charge in [-0.05, 0) is 74.4 Å². The highest BCUT2D eigenvalue weighted by Gasteiger charge is 2.25. The van der Waals surface area contributed by atoms with E-state index in [-0.39, 0.29) is 31.8 Å². The summed E-state index contributed by atoms with van der Waals surface area (Å²) in [6.07, 6.45) is 1.34. The van der Waals surface area contributed by atoms with E-state index in [0.29, 0.717) is 5.75 Å². The van der Waals surface area contributed by atoms with Gasteiger partial charge in [0.2, 0.25) is 5.91 Å². The van der Waals surface area contributed by atoms with Crippen molar-refractivity contribution in [2.75, 3.05) is 13.7 Å². The lowest BCUT2D eigenvalue weighted by atomic mass is 9.96. The minimum Gasteiger partial charge on any atom is -0.484 e.